The summed E-state index contributed by atoms with van der Waals surface area (Å²) in [6, 6.07) is 20.7. The number of anilines is 2. The lowest BCUT2D eigenvalue weighted by atomic mass is 10.1. The second-order valence-electron chi connectivity index (χ2n) is 7.69. The van der Waals surface area contributed by atoms with Gasteiger partial charge in [0.25, 0.3) is 0 Å². The molecular formula is C25H23FN4O3. The second-order valence-corrected chi connectivity index (χ2v) is 7.69. The zero-order chi connectivity index (χ0) is 23.2. The Morgan fingerprint density at radius 2 is 1.64 bits per heavy atom. The lowest BCUT2D eigenvalue weighted by Gasteiger charge is -2.30. The van der Waals surface area contributed by atoms with Crippen LogP contribution in [0.2, 0.25) is 0 Å². The molecule has 0 radical (unpaired) electrons. The van der Waals surface area contributed by atoms with Crippen LogP contribution in [0.1, 0.15) is 11.1 Å². The third kappa shape index (κ3) is 5.54. The van der Waals surface area contributed by atoms with Crippen LogP contribution < -0.4 is 20.9 Å². The first kappa shape index (κ1) is 22.0. The first-order chi connectivity index (χ1) is 16.0. The highest BCUT2D eigenvalue weighted by atomic mass is 19.1. The van der Waals surface area contributed by atoms with E-state index in [4.69, 9.17) is 0 Å². The molecule has 8 heteroatoms. The minimum Gasteiger partial charge on any atom is -0.350 e. The number of carbonyl (C=O) groups is 3. The van der Waals surface area contributed by atoms with Crippen LogP contribution in [0.5, 0.6) is 0 Å². The Bertz CT molecular complexity index is 1150. The molecule has 0 unspecified atom stereocenters. The Kier molecular flexibility index (Phi) is 6.64. The van der Waals surface area contributed by atoms with Gasteiger partial charge in [0.1, 0.15) is 18.4 Å². The summed E-state index contributed by atoms with van der Waals surface area (Å²) in [6.07, 6.45) is 0.267. The maximum Gasteiger partial charge on any atom is 0.323 e. The lowest BCUT2D eigenvalue weighted by Crippen LogP contribution is -2.54. The summed E-state index contributed by atoms with van der Waals surface area (Å²) in [5, 5.41) is 8.31. The summed E-state index contributed by atoms with van der Waals surface area (Å²) in [4.78, 5) is 39.6. The van der Waals surface area contributed by atoms with Gasteiger partial charge >= 0.3 is 6.03 Å². The molecule has 1 atom stereocenters. The van der Waals surface area contributed by atoms with Crippen LogP contribution in [0.25, 0.3) is 0 Å². The van der Waals surface area contributed by atoms with Gasteiger partial charge in [0.15, 0.2) is 0 Å². The lowest BCUT2D eigenvalue weighted by molar-refractivity contribution is -0.123. The molecule has 3 aromatic carbocycles. The van der Waals surface area contributed by atoms with E-state index >= 15 is 0 Å². The molecule has 0 fully saturated rings. The summed E-state index contributed by atoms with van der Waals surface area (Å²) in [5.41, 5.74) is 2.69. The van der Waals surface area contributed by atoms with Crippen molar-refractivity contribution in [2.24, 2.45) is 0 Å². The van der Waals surface area contributed by atoms with Crippen LogP contribution in [0, 0.1) is 5.82 Å². The second kappa shape index (κ2) is 9.95. The smallest absolute Gasteiger partial charge is 0.323 e. The van der Waals surface area contributed by atoms with Crippen LogP contribution in [0.15, 0.2) is 78.9 Å². The van der Waals surface area contributed by atoms with E-state index in [1.165, 1.54) is 17.0 Å². The van der Waals surface area contributed by atoms with Crippen LogP contribution >= 0.6 is 0 Å². The zero-order valence-corrected chi connectivity index (χ0v) is 17.8. The van der Waals surface area contributed by atoms with Crippen molar-refractivity contribution in [1.82, 2.24) is 10.6 Å². The number of para-hydroxylation sites is 2. The van der Waals surface area contributed by atoms with Crippen molar-refractivity contribution in [2.75, 3.05) is 16.8 Å². The van der Waals surface area contributed by atoms with Gasteiger partial charge in [-0.25, -0.2) is 9.18 Å². The number of urea groups is 1. The number of hydrogen-bond acceptors (Lipinski definition) is 3. The van der Waals surface area contributed by atoms with E-state index in [1.54, 1.807) is 36.4 Å². The first-order valence-corrected chi connectivity index (χ1v) is 10.5. The van der Waals surface area contributed by atoms with Gasteiger partial charge < -0.3 is 16.0 Å². The standard InChI is InChI=1S/C25H23FN4O3/c26-19-12-10-18(11-13-19)15-27-24(32)21(14-17-6-2-1-3-7-17)29-25(33)30-16-23(31)28-20-8-4-5-9-22(20)30/h1-13,21H,14-16H2,(H,27,32)(H,28,31)(H,29,33)/t21-/m1/s1. The van der Waals surface area contributed by atoms with Crippen molar-refractivity contribution in [3.05, 3.63) is 95.8 Å². The monoisotopic (exact) mass is 446 g/mol. The molecule has 0 saturated heterocycles. The van der Waals surface area contributed by atoms with Crippen molar-refractivity contribution in [3.8, 4) is 0 Å². The van der Waals surface area contributed by atoms with E-state index in [0.717, 1.165) is 11.1 Å². The van der Waals surface area contributed by atoms with Crippen molar-refractivity contribution in [1.29, 1.82) is 0 Å². The molecule has 168 valence electrons. The highest BCUT2D eigenvalue weighted by Gasteiger charge is 2.30. The molecule has 1 aliphatic heterocycles. The molecular weight excluding hydrogens is 423 g/mol. The van der Waals surface area contributed by atoms with E-state index in [9.17, 15) is 18.8 Å². The number of fused-ring (bicyclic) bond motifs is 1. The van der Waals surface area contributed by atoms with E-state index in [-0.39, 0.29) is 37.1 Å². The highest BCUT2D eigenvalue weighted by Crippen LogP contribution is 2.28. The van der Waals surface area contributed by atoms with Gasteiger partial charge in [-0.2, -0.15) is 0 Å². The number of carbonyl (C=O) groups excluding carboxylic acids is 3. The van der Waals surface area contributed by atoms with Gasteiger partial charge in [-0.1, -0.05) is 54.6 Å². The molecule has 0 bridgehead atoms. The number of hydrogen-bond donors (Lipinski definition) is 3. The summed E-state index contributed by atoms with van der Waals surface area (Å²) < 4.78 is 13.1. The number of benzene rings is 3. The molecule has 7 nitrogen and oxygen atoms in total. The average Bonchev–Trinajstić information content (AvgIpc) is 2.83. The van der Waals surface area contributed by atoms with Gasteiger partial charge in [-0.3, -0.25) is 14.5 Å². The van der Waals surface area contributed by atoms with Crippen LogP contribution in [-0.4, -0.2) is 30.4 Å². The number of amides is 4. The first-order valence-electron chi connectivity index (χ1n) is 10.5. The molecule has 3 aromatic rings. The molecule has 33 heavy (non-hydrogen) atoms. The molecule has 1 heterocycles. The normalized spacial score (nSPS) is 13.5. The van der Waals surface area contributed by atoms with Gasteiger partial charge in [-0.15, -0.1) is 0 Å². The molecule has 0 spiro atoms. The van der Waals surface area contributed by atoms with E-state index in [1.807, 2.05) is 30.3 Å². The highest BCUT2D eigenvalue weighted by molar-refractivity contribution is 6.10. The van der Waals surface area contributed by atoms with Crippen molar-refractivity contribution in [3.63, 3.8) is 0 Å². The Morgan fingerprint density at radius 1 is 0.939 bits per heavy atom. The SMILES string of the molecule is O=C1CN(C(=O)N[C@H](Cc2ccccc2)C(=O)NCc2ccc(F)cc2)c2ccccc2N1. The predicted octanol–water partition coefficient (Wildman–Crippen LogP) is 3.22. The van der Waals surface area contributed by atoms with Gasteiger partial charge in [0.05, 0.1) is 11.4 Å². The minimum atomic E-state index is -0.877. The molecule has 4 rings (SSSR count). The Hall–Kier alpha value is -4.20. The van der Waals surface area contributed by atoms with Crippen LogP contribution in [-0.2, 0) is 22.6 Å². The topological polar surface area (TPSA) is 90.5 Å². The summed E-state index contributed by atoms with van der Waals surface area (Å²) in [6.45, 7) is 0.0350. The fourth-order valence-corrected chi connectivity index (χ4v) is 3.62. The average molecular weight is 446 g/mol. The fraction of sp³-hybridized carbons (Fsp3) is 0.160. The molecule has 3 N–H and O–H groups in total. The number of nitrogens with one attached hydrogen (secondary N) is 3. The van der Waals surface area contributed by atoms with Crippen molar-refractivity contribution < 1.29 is 18.8 Å². The molecule has 0 aliphatic carbocycles. The quantitative estimate of drug-likeness (QED) is 0.543. The van der Waals surface area contributed by atoms with E-state index < -0.39 is 12.1 Å². The van der Waals surface area contributed by atoms with Gasteiger partial charge in [-0.05, 0) is 35.4 Å². The Morgan fingerprint density at radius 3 is 2.39 bits per heavy atom. The Balaban J connectivity index is 1.50. The van der Waals surface area contributed by atoms with Gasteiger partial charge in [0, 0.05) is 13.0 Å². The molecule has 1 aliphatic rings. The molecule has 4 amide bonds. The maximum absolute atomic E-state index is 13.1. The van der Waals surface area contributed by atoms with Crippen LogP contribution in [0.4, 0.5) is 20.6 Å². The van der Waals surface area contributed by atoms with E-state index in [2.05, 4.69) is 16.0 Å². The third-order valence-corrected chi connectivity index (χ3v) is 5.29. The van der Waals surface area contributed by atoms with Crippen molar-refractivity contribution in [2.45, 2.75) is 19.0 Å². The summed E-state index contributed by atoms with van der Waals surface area (Å²) in [5.74, 6) is -1.05. The largest absolute Gasteiger partial charge is 0.350 e. The number of rotatable bonds is 6. The molecule has 0 saturated carbocycles. The maximum atomic E-state index is 13.1. The van der Waals surface area contributed by atoms with Crippen LogP contribution in [0.3, 0.4) is 0 Å². The number of nitrogens with zero attached hydrogens (tertiary/aromatic N) is 1. The van der Waals surface area contributed by atoms with Crippen molar-refractivity contribution >= 4 is 29.2 Å². The minimum absolute atomic E-state index is 0.155. The zero-order valence-electron chi connectivity index (χ0n) is 17.8. The third-order valence-electron chi connectivity index (χ3n) is 5.29. The fourth-order valence-electron chi connectivity index (χ4n) is 3.62. The van der Waals surface area contributed by atoms with Gasteiger partial charge in [0.2, 0.25) is 11.8 Å². The Labute approximate surface area is 190 Å². The predicted molar refractivity (Wildman–Crippen MR) is 123 cm³/mol. The molecule has 0 aromatic heterocycles. The summed E-state index contributed by atoms with van der Waals surface area (Å²) >= 11 is 0. The summed E-state index contributed by atoms with van der Waals surface area (Å²) in [7, 11) is 0. The van der Waals surface area contributed by atoms with E-state index in [0.29, 0.717) is 11.4 Å². The number of halogens is 1.